The second kappa shape index (κ2) is 8.70. The highest BCUT2D eigenvalue weighted by molar-refractivity contribution is 6.07. The first-order valence-electron chi connectivity index (χ1n) is 10.6. The number of fused-ring (bicyclic) bond motifs is 1. The van der Waals surface area contributed by atoms with E-state index in [9.17, 15) is 9.59 Å². The third-order valence-corrected chi connectivity index (χ3v) is 6.12. The minimum Gasteiger partial charge on any atom is -0.341 e. The van der Waals surface area contributed by atoms with Crippen molar-refractivity contribution in [2.45, 2.75) is 26.3 Å². The Hall–Kier alpha value is -3.14. The molecule has 1 saturated heterocycles. The Labute approximate surface area is 178 Å². The maximum Gasteiger partial charge on any atom is 0.254 e. The molecule has 4 nitrogen and oxygen atoms in total. The molecule has 2 amide bonds. The van der Waals surface area contributed by atoms with Crippen LogP contribution in [0.25, 0.3) is 10.8 Å². The number of rotatable bonds is 4. The van der Waals surface area contributed by atoms with Crippen molar-refractivity contribution in [1.29, 1.82) is 0 Å². The maximum absolute atomic E-state index is 13.3. The number of nitrogens with zero attached hydrogens (tertiary/aromatic N) is 2. The summed E-state index contributed by atoms with van der Waals surface area (Å²) < 4.78 is 0. The molecule has 1 aliphatic heterocycles. The van der Waals surface area contributed by atoms with Crippen molar-refractivity contribution < 1.29 is 9.59 Å². The van der Waals surface area contributed by atoms with Gasteiger partial charge in [-0.3, -0.25) is 9.59 Å². The van der Waals surface area contributed by atoms with Gasteiger partial charge in [0, 0.05) is 32.2 Å². The van der Waals surface area contributed by atoms with Crippen LogP contribution in [-0.4, -0.2) is 41.8 Å². The summed E-state index contributed by atoms with van der Waals surface area (Å²) in [5, 5.41) is 2.03. The SMILES string of the molecule is Cc1ccccc1CN(C)C(=O)C1CCCN(C(=O)c2cccc3ccccc23)C1. The van der Waals surface area contributed by atoms with Crippen LogP contribution in [0, 0.1) is 12.8 Å². The van der Waals surface area contributed by atoms with Crippen LogP contribution in [0.1, 0.15) is 34.3 Å². The van der Waals surface area contributed by atoms with Gasteiger partial charge < -0.3 is 9.80 Å². The summed E-state index contributed by atoms with van der Waals surface area (Å²) >= 11 is 0. The molecular formula is C26H28N2O2. The van der Waals surface area contributed by atoms with Gasteiger partial charge in [-0.1, -0.05) is 60.7 Å². The summed E-state index contributed by atoms with van der Waals surface area (Å²) in [6, 6.07) is 22.0. The highest BCUT2D eigenvalue weighted by atomic mass is 16.2. The number of aryl methyl sites for hydroxylation is 1. The molecule has 4 rings (SSSR count). The molecule has 4 heteroatoms. The molecule has 1 unspecified atom stereocenters. The first-order valence-corrected chi connectivity index (χ1v) is 10.6. The van der Waals surface area contributed by atoms with E-state index in [0.29, 0.717) is 19.6 Å². The number of hydrogen-bond donors (Lipinski definition) is 0. The second-order valence-electron chi connectivity index (χ2n) is 8.24. The number of hydrogen-bond acceptors (Lipinski definition) is 2. The number of amides is 2. The largest absolute Gasteiger partial charge is 0.341 e. The van der Waals surface area contributed by atoms with Crippen LogP contribution >= 0.6 is 0 Å². The fourth-order valence-electron chi connectivity index (χ4n) is 4.38. The molecule has 1 heterocycles. The molecule has 1 aliphatic rings. The van der Waals surface area contributed by atoms with Crippen molar-refractivity contribution in [1.82, 2.24) is 9.80 Å². The summed E-state index contributed by atoms with van der Waals surface area (Å²) in [6.07, 6.45) is 1.68. The van der Waals surface area contributed by atoms with Crippen molar-refractivity contribution in [3.63, 3.8) is 0 Å². The van der Waals surface area contributed by atoms with Gasteiger partial charge in [-0.05, 0) is 47.7 Å². The lowest BCUT2D eigenvalue weighted by Gasteiger charge is -2.34. The van der Waals surface area contributed by atoms with E-state index < -0.39 is 0 Å². The van der Waals surface area contributed by atoms with Gasteiger partial charge in [0.1, 0.15) is 0 Å². The molecule has 0 spiro atoms. The molecule has 1 fully saturated rings. The molecule has 3 aromatic rings. The molecule has 30 heavy (non-hydrogen) atoms. The van der Waals surface area contributed by atoms with Crippen molar-refractivity contribution in [2.75, 3.05) is 20.1 Å². The first kappa shape index (κ1) is 20.1. The van der Waals surface area contributed by atoms with Crippen LogP contribution in [0.5, 0.6) is 0 Å². The van der Waals surface area contributed by atoms with E-state index in [1.807, 2.05) is 66.5 Å². The van der Waals surface area contributed by atoms with E-state index in [2.05, 4.69) is 19.1 Å². The predicted octanol–water partition coefficient (Wildman–Crippen LogP) is 4.66. The van der Waals surface area contributed by atoms with E-state index in [4.69, 9.17) is 0 Å². The third kappa shape index (κ3) is 4.09. The average molecular weight is 401 g/mol. The zero-order chi connectivity index (χ0) is 21.1. The van der Waals surface area contributed by atoms with Gasteiger partial charge in [-0.25, -0.2) is 0 Å². The summed E-state index contributed by atoms with van der Waals surface area (Å²) in [6.45, 7) is 3.85. The van der Waals surface area contributed by atoms with Gasteiger partial charge in [0.2, 0.25) is 5.91 Å². The van der Waals surface area contributed by atoms with Gasteiger partial charge in [0.05, 0.1) is 5.92 Å². The molecule has 3 aromatic carbocycles. The zero-order valence-corrected chi connectivity index (χ0v) is 17.7. The quantitative estimate of drug-likeness (QED) is 0.639. The van der Waals surface area contributed by atoms with E-state index >= 15 is 0 Å². The van der Waals surface area contributed by atoms with Gasteiger partial charge >= 0.3 is 0 Å². The van der Waals surface area contributed by atoms with Gasteiger partial charge in [0.25, 0.3) is 5.91 Å². The monoisotopic (exact) mass is 400 g/mol. The molecule has 0 radical (unpaired) electrons. The summed E-state index contributed by atoms with van der Waals surface area (Å²) in [5.41, 5.74) is 3.07. The number of benzene rings is 3. The van der Waals surface area contributed by atoms with Gasteiger partial charge in [0.15, 0.2) is 0 Å². The van der Waals surface area contributed by atoms with Gasteiger partial charge in [-0.2, -0.15) is 0 Å². The lowest BCUT2D eigenvalue weighted by Crippen LogP contribution is -2.45. The van der Waals surface area contributed by atoms with Crippen molar-refractivity contribution in [2.24, 2.45) is 5.92 Å². The Balaban J connectivity index is 1.48. The minimum atomic E-state index is -0.147. The predicted molar refractivity (Wildman–Crippen MR) is 120 cm³/mol. The van der Waals surface area contributed by atoms with E-state index in [0.717, 1.165) is 34.7 Å². The Morgan fingerprint density at radius 3 is 2.57 bits per heavy atom. The molecule has 0 bridgehead atoms. The molecule has 154 valence electrons. The first-order chi connectivity index (χ1) is 14.5. The van der Waals surface area contributed by atoms with Crippen LogP contribution in [0.15, 0.2) is 66.7 Å². The van der Waals surface area contributed by atoms with E-state index in [1.165, 1.54) is 5.56 Å². The molecule has 1 atom stereocenters. The number of carbonyl (C=O) groups excluding carboxylic acids is 2. The molecule has 0 N–H and O–H groups in total. The van der Waals surface area contributed by atoms with Crippen LogP contribution < -0.4 is 0 Å². The topological polar surface area (TPSA) is 40.6 Å². The van der Waals surface area contributed by atoms with Crippen molar-refractivity contribution in [3.05, 3.63) is 83.4 Å². The third-order valence-electron chi connectivity index (χ3n) is 6.12. The number of carbonyl (C=O) groups is 2. The van der Waals surface area contributed by atoms with Crippen molar-refractivity contribution in [3.8, 4) is 0 Å². The van der Waals surface area contributed by atoms with Gasteiger partial charge in [-0.15, -0.1) is 0 Å². The molecular weight excluding hydrogens is 372 g/mol. The smallest absolute Gasteiger partial charge is 0.254 e. The van der Waals surface area contributed by atoms with Crippen LogP contribution in [0.3, 0.4) is 0 Å². The van der Waals surface area contributed by atoms with E-state index in [1.54, 1.807) is 4.90 Å². The minimum absolute atomic E-state index is 0.0193. The fourth-order valence-corrected chi connectivity index (χ4v) is 4.38. The highest BCUT2D eigenvalue weighted by Crippen LogP contribution is 2.25. The normalized spacial score (nSPS) is 16.5. The van der Waals surface area contributed by atoms with E-state index in [-0.39, 0.29) is 17.7 Å². The average Bonchev–Trinajstić information content (AvgIpc) is 2.79. The number of piperidine rings is 1. The standard InChI is InChI=1S/C26H28N2O2/c1-19-9-3-4-11-21(19)17-27(2)25(29)22-13-8-16-28(18-22)26(30)24-15-7-12-20-10-5-6-14-23(20)24/h3-7,9-12,14-15,22H,8,13,16-18H2,1-2H3. The lowest BCUT2D eigenvalue weighted by atomic mass is 9.95. The summed E-state index contributed by atoms with van der Waals surface area (Å²) in [4.78, 5) is 30.1. The number of likely N-dealkylation sites (tertiary alicyclic amines) is 1. The fraction of sp³-hybridized carbons (Fsp3) is 0.308. The van der Waals surface area contributed by atoms with Crippen molar-refractivity contribution >= 4 is 22.6 Å². The molecule has 0 aliphatic carbocycles. The summed E-state index contributed by atoms with van der Waals surface area (Å²) in [5.74, 6) is -0.00813. The van der Waals surface area contributed by atoms with Crippen LogP contribution in [-0.2, 0) is 11.3 Å². The zero-order valence-electron chi connectivity index (χ0n) is 17.7. The Bertz CT molecular complexity index is 1070. The second-order valence-corrected chi connectivity index (χ2v) is 8.24. The molecule has 0 saturated carbocycles. The van der Waals surface area contributed by atoms with Crippen LogP contribution in [0.4, 0.5) is 0 Å². The maximum atomic E-state index is 13.3. The molecule has 0 aromatic heterocycles. The Morgan fingerprint density at radius 1 is 1.00 bits per heavy atom. The Morgan fingerprint density at radius 2 is 1.73 bits per heavy atom. The summed E-state index contributed by atoms with van der Waals surface area (Å²) in [7, 11) is 1.86. The Kier molecular flexibility index (Phi) is 5.84. The van der Waals surface area contributed by atoms with Crippen LogP contribution in [0.2, 0.25) is 0 Å². The lowest BCUT2D eigenvalue weighted by molar-refractivity contribution is -0.136. The highest BCUT2D eigenvalue weighted by Gasteiger charge is 2.31.